The van der Waals surface area contributed by atoms with E-state index in [1.165, 1.54) is 5.56 Å². The Morgan fingerprint density at radius 2 is 2.04 bits per heavy atom. The Balaban J connectivity index is 1.39. The number of amides is 3. The van der Waals surface area contributed by atoms with Gasteiger partial charge in [-0.1, -0.05) is 12.1 Å². The molecule has 148 valence electrons. The average molecular weight is 374 g/mol. The summed E-state index contributed by atoms with van der Waals surface area (Å²) in [6.07, 6.45) is 0.544. The Hall–Kier alpha value is -2.28. The molecule has 2 saturated heterocycles. The van der Waals surface area contributed by atoms with Gasteiger partial charge in [0.05, 0.1) is 7.11 Å². The largest absolute Gasteiger partial charge is 0.497 e. The molecule has 0 aliphatic carbocycles. The van der Waals surface area contributed by atoms with Crippen molar-refractivity contribution < 1.29 is 14.3 Å². The molecule has 7 nitrogen and oxygen atoms in total. The smallest absolute Gasteiger partial charge is 0.317 e. The normalized spacial score (nSPS) is 20.8. The van der Waals surface area contributed by atoms with Crippen LogP contribution in [0.25, 0.3) is 0 Å². The molecule has 2 heterocycles. The lowest BCUT2D eigenvalue weighted by Crippen LogP contribution is -2.52. The molecule has 1 atom stereocenters. The van der Waals surface area contributed by atoms with Gasteiger partial charge < -0.3 is 19.9 Å². The van der Waals surface area contributed by atoms with E-state index in [4.69, 9.17) is 4.74 Å². The first kappa shape index (κ1) is 19.5. The molecule has 0 bridgehead atoms. The molecule has 1 N–H and O–H groups in total. The summed E-state index contributed by atoms with van der Waals surface area (Å²) in [5.74, 6) is 1.30. The highest BCUT2D eigenvalue weighted by molar-refractivity contribution is 5.79. The third-order valence-electron chi connectivity index (χ3n) is 5.42. The van der Waals surface area contributed by atoms with Crippen molar-refractivity contribution >= 4 is 11.9 Å². The number of carbonyl (C=O) groups excluding carboxylic acids is 2. The summed E-state index contributed by atoms with van der Waals surface area (Å²) in [7, 11) is 1.68. The maximum atomic E-state index is 12.4. The minimum atomic E-state index is -0.0153. The van der Waals surface area contributed by atoms with E-state index in [0.717, 1.165) is 51.6 Å². The molecule has 3 rings (SSSR count). The average Bonchev–Trinajstić information content (AvgIpc) is 3.06. The molecule has 7 heteroatoms. The topological polar surface area (TPSA) is 65.1 Å². The first-order valence-corrected chi connectivity index (χ1v) is 9.75. The Bertz CT molecular complexity index is 658. The molecule has 0 radical (unpaired) electrons. The molecule has 0 spiro atoms. The molecular weight excluding hydrogens is 344 g/mol. The second-order valence-corrected chi connectivity index (χ2v) is 7.30. The quantitative estimate of drug-likeness (QED) is 0.817. The number of ether oxygens (including phenoxy) is 1. The minimum absolute atomic E-state index is 0.0153. The van der Waals surface area contributed by atoms with E-state index in [1.807, 2.05) is 28.9 Å². The van der Waals surface area contributed by atoms with Crippen LogP contribution in [0, 0.1) is 5.92 Å². The lowest BCUT2D eigenvalue weighted by Gasteiger charge is -2.35. The lowest BCUT2D eigenvalue weighted by molar-refractivity contribution is -0.127. The van der Waals surface area contributed by atoms with Gasteiger partial charge in [-0.15, -0.1) is 0 Å². The molecule has 1 aromatic carbocycles. The van der Waals surface area contributed by atoms with Gasteiger partial charge in [0, 0.05) is 64.7 Å². The number of urea groups is 1. The Morgan fingerprint density at radius 1 is 1.26 bits per heavy atom. The van der Waals surface area contributed by atoms with Crippen LogP contribution in [0.4, 0.5) is 4.79 Å². The van der Waals surface area contributed by atoms with E-state index in [2.05, 4.69) is 22.3 Å². The SMILES string of the molecule is CCN1CC(CNC(=O)N2CCN(Cc3cccc(OC)c3)CC2)CC1=O. The van der Waals surface area contributed by atoms with Gasteiger partial charge in [-0.2, -0.15) is 0 Å². The zero-order valence-corrected chi connectivity index (χ0v) is 16.3. The van der Waals surface area contributed by atoms with Gasteiger partial charge in [0.2, 0.25) is 5.91 Å². The van der Waals surface area contributed by atoms with Crippen LogP contribution >= 0.6 is 0 Å². The van der Waals surface area contributed by atoms with Crippen LogP contribution in [0.5, 0.6) is 5.75 Å². The molecule has 2 fully saturated rings. The van der Waals surface area contributed by atoms with Crippen molar-refractivity contribution in [3.05, 3.63) is 29.8 Å². The third-order valence-corrected chi connectivity index (χ3v) is 5.42. The van der Waals surface area contributed by atoms with Gasteiger partial charge in [-0.3, -0.25) is 9.69 Å². The fourth-order valence-corrected chi connectivity index (χ4v) is 3.78. The van der Waals surface area contributed by atoms with Crippen molar-refractivity contribution in [2.75, 3.05) is 52.9 Å². The zero-order chi connectivity index (χ0) is 19.2. The standard InChI is InChI=1S/C20H30N4O3/c1-3-23-15-17(12-19(23)25)13-21-20(26)24-9-7-22(8-10-24)14-16-5-4-6-18(11-16)27-2/h4-6,11,17H,3,7-10,12-15H2,1-2H3,(H,21,26). The van der Waals surface area contributed by atoms with Crippen LogP contribution < -0.4 is 10.1 Å². The second-order valence-electron chi connectivity index (χ2n) is 7.30. The molecule has 0 saturated carbocycles. The maximum absolute atomic E-state index is 12.4. The Kier molecular flexibility index (Phi) is 6.55. The summed E-state index contributed by atoms with van der Waals surface area (Å²) in [5, 5.41) is 3.01. The number of benzene rings is 1. The highest BCUT2D eigenvalue weighted by Gasteiger charge is 2.29. The Morgan fingerprint density at radius 3 is 2.70 bits per heavy atom. The molecule has 0 aromatic heterocycles. The first-order valence-electron chi connectivity index (χ1n) is 9.75. The highest BCUT2D eigenvalue weighted by Crippen LogP contribution is 2.17. The number of piperazine rings is 1. The van der Waals surface area contributed by atoms with E-state index < -0.39 is 0 Å². The summed E-state index contributed by atoms with van der Waals surface area (Å²) < 4.78 is 5.28. The van der Waals surface area contributed by atoms with Gasteiger partial charge in [0.1, 0.15) is 5.75 Å². The molecule has 27 heavy (non-hydrogen) atoms. The van der Waals surface area contributed by atoms with E-state index in [-0.39, 0.29) is 17.9 Å². The number of hydrogen-bond acceptors (Lipinski definition) is 4. The predicted octanol–water partition coefficient (Wildman–Crippen LogP) is 1.39. The molecule has 2 aliphatic heterocycles. The summed E-state index contributed by atoms with van der Waals surface area (Å²) >= 11 is 0. The predicted molar refractivity (Wildman–Crippen MR) is 104 cm³/mol. The third kappa shape index (κ3) is 5.13. The number of nitrogens with one attached hydrogen (secondary N) is 1. The van der Waals surface area contributed by atoms with Crippen molar-refractivity contribution in [2.45, 2.75) is 19.9 Å². The van der Waals surface area contributed by atoms with Crippen LogP contribution in [0.2, 0.25) is 0 Å². The van der Waals surface area contributed by atoms with Crippen LogP contribution in [0.1, 0.15) is 18.9 Å². The zero-order valence-electron chi connectivity index (χ0n) is 16.3. The fourth-order valence-electron chi connectivity index (χ4n) is 3.78. The van der Waals surface area contributed by atoms with Crippen molar-refractivity contribution in [1.82, 2.24) is 20.0 Å². The van der Waals surface area contributed by atoms with Gasteiger partial charge in [0.25, 0.3) is 0 Å². The van der Waals surface area contributed by atoms with Crippen molar-refractivity contribution in [2.24, 2.45) is 5.92 Å². The first-order chi connectivity index (χ1) is 13.1. The number of nitrogens with zero attached hydrogens (tertiary/aromatic N) is 3. The lowest BCUT2D eigenvalue weighted by atomic mass is 10.1. The van der Waals surface area contributed by atoms with Crippen LogP contribution in [-0.2, 0) is 11.3 Å². The number of rotatable bonds is 6. The summed E-state index contributed by atoms with van der Waals surface area (Å²) in [6, 6.07) is 8.10. The summed E-state index contributed by atoms with van der Waals surface area (Å²) in [5.41, 5.74) is 1.22. The van der Waals surface area contributed by atoms with Crippen LogP contribution in [-0.4, -0.2) is 79.6 Å². The van der Waals surface area contributed by atoms with Gasteiger partial charge >= 0.3 is 6.03 Å². The van der Waals surface area contributed by atoms with Gasteiger partial charge in [-0.05, 0) is 24.6 Å². The fraction of sp³-hybridized carbons (Fsp3) is 0.600. The van der Waals surface area contributed by atoms with Crippen molar-refractivity contribution in [3.63, 3.8) is 0 Å². The van der Waals surface area contributed by atoms with E-state index >= 15 is 0 Å². The summed E-state index contributed by atoms with van der Waals surface area (Å²) in [4.78, 5) is 30.3. The second kappa shape index (κ2) is 9.08. The molecular formula is C20H30N4O3. The maximum Gasteiger partial charge on any atom is 0.317 e. The van der Waals surface area contributed by atoms with E-state index in [1.54, 1.807) is 7.11 Å². The van der Waals surface area contributed by atoms with Crippen molar-refractivity contribution in [1.29, 1.82) is 0 Å². The van der Waals surface area contributed by atoms with Crippen molar-refractivity contribution in [3.8, 4) is 5.75 Å². The molecule has 1 aromatic rings. The number of carbonyl (C=O) groups is 2. The number of likely N-dealkylation sites (tertiary alicyclic amines) is 1. The molecule has 2 aliphatic rings. The monoisotopic (exact) mass is 374 g/mol. The van der Waals surface area contributed by atoms with Gasteiger partial charge in [-0.25, -0.2) is 4.79 Å². The Labute approximate surface area is 161 Å². The highest BCUT2D eigenvalue weighted by atomic mass is 16.5. The van der Waals surface area contributed by atoms with Crippen LogP contribution in [0.15, 0.2) is 24.3 Å². The molecule has 1 unspecified atom stereocenters. The summed E-state index contributed by atoms with van der Waals surface area (Å²) in [6.45, 7) is 8.09. The van der Waals surface area contributed by atoms with E-state index in [0.29, 0.717) is 13.0 Å². The number of hydrogen-bond donors (Lipinski definition) is 1. The van der Waals surface area contributed by atoms with Gasteiger partial charge in [0.15, 0.2) is 0 Å². The number of methoxy groups -OCH3 is 1. The molecule has 3 amide bonds. The van der Waals surface area contributed by atoms with E-state index in [9.17, 15) is 9.59 Å². The van der Waals surface area contributed by atoms with Crippen LogP contribution in [0.3, 0.4) is 0 Å². The minimum Gasteiger partial charge on any atom is -0.497 e.